The number of carbonyl (C=O) groups is 1. The van der Waals surface area contributed by atoms with Crippen LogP contribution in [0.15, 0.2) is 79.4 Å². The summed E-state index contributed by atoms with van der Waals surface area (Å²) in [6.45, 7) is 4.56. The van der Waals surface area contributed by atoms with Crippen molar-refractivity contribution < 1.29 is 9.53 Å². The van der Waals surface area contributed by atoms with Crippen LogP contribution in [0.2, 0.25) is 0 Å². The van der Waals surface area contributed by atoms with E-state index in [1.54, 1.807) is 12.5 Å². The number of benzene rings is 2. The van der Waals surface area contributed by atoms with Crippen LogP contribution in [0.25, 0.3) is 5.82 Å². The molecular formula is C25H24N6O2. The lowest BCUT2D eigenvalue weighted by atomic mass is 10.1. The summed E-state index contributed by atoms with van der Waals surface area (Å²) in [5.41, 5.74) is 0.657. The Kier molecular flexibility index (Phi) is 5.72. The minimum Gasteiger partial charge on any atom is -0.457 e. The van der Waals surface area contributed by atoms with Crippen molar-refractivity contribution in [1.29, 1.82) is 0 Å². The fourth-order valence-electron chi connectivity index (χ4n) is 3.84. The number of ether oxygens (including phenoxy) is 1. The second kappa shape index (κ2) is 9.12. The van der Waals surface area contributed by atoms with Gasteiger partial charge in [0.25, 0.3) is 5.91 Å². The third-order valence-electron chi connectivity index (χ3n) is 5.55. The predicted octanol–water partition coefficient (Wildman–Crippen LogP) is 3.73. The third-order valence-corrected chi connectivity index (χ3v) is 5.55. The molecule has 0 bridgehead atoms. The highest BCUT2D eigenvalue weighted by molar-refractivity contribution is 5.94. The van der Waals surface area contributed by atoms with E-state index in [-0.39, 0.29) is 5.91 Å². The van der Waals surface area contributed by atoms with Gasteiger partial charge in [-0.05, 0) is 43.3 Å². The maximum absolute atomic E-state index is 13.0. The van der Waals surface area contributed by atoms with E-state index in [4.69, 9.17) is 4.74 Å². The summed E-state index contributed by atoms with van der Waals surface area (Å²) in [6.07, 6.45) is 5.30. The quantitative estimate of drug-likeness (QED) is 0.471. The van der Waals surface area contributed by atoms with Crippen LogP contribution in [0.3, 0.4) is 0 Å². The van der Waals surface area contributed by atoms with Gasteiger partial charge < -0.3 is 14.5 Å². The first-order valence-corrected chi connectivity index (χ1v) is 10.9. The first kappa shape index (κ1) is 20.7. The van der Waals surface area contributed by atoms with Gasteiger partial charge >= 0.3 is 0 Å². The summed E-state index contributed by atoms with van der Waals surface area (Å²) in [7, 11) is 0. The Balaban J connectivity index is 1.22. The van der Waals surface area contributed by atoms with Crippen molar-refractivity contribution in [2.24, 2.45) is 0 Å². The van der Waals surface area contributed by atoms with E-state index in [9.17, 15) is 4.79 Å². The molecule has 0 radical (unpaired) electrons. The number of imidazole rings is 1. The highest BCUT2D eigenvalue weighted by Crippen LogP contribution is 2.22. The van der Waals surface area contributed by atoms with E-state index in [1.165, 1.54) is 0 Å². The molecule has 8 nitrogen and oxygen atoms in total. The Labute approximate surface area is 192 Å². The second-order valence-corrected chi connectivity index (χ2v) is 7.82. The van der Waals surface area contributed by atoms with Crippen molar-refractivity contribution in [3.63, 3.8) is 0 Å². The van der Waals surface area contributed by atoms with Crippen LogP contribution in [0.5, 0.6) is 11.5 Å². The van der Waals surface area contributed by atoms with Crippen molar-refractivity contribution in [2.45, 2.75) is 6.92 Å². The van der Waals surface area contributed by atoms with Crippen LogP contribution in [0.1, 0.15) is 16.2 Å². The molecule has 33 heavy (non-hydrogen) atoms. The number of piperazine rings is 1. The molecule has 166 valence electrons. The molecule has 0 unspecified atom stereocenters. The van der Waals surface area contributed by atoms with Crippen LogP contribution in [-0.2, 0) is 0 Å². The summed E-state index contributed by atoms with van der Waals surface area (Å²) in [5.74, 6) is 3.85. The number of carbonyl (C=O) groups excluding carboxylic acids is 1. The van der Waals surface area contributed by atoms with Crippen LogP contribution in [-0.4, -0.2) is 56.5 Å². The number of aromatic nitrogens is 4. The summed E-state index contributed by atoms with van der Waals surface area (Å²) in [4.78, 5) is 30.3. The first-order chi connectivity index (χ1) is 16.2. The van der Waals surface area contributed by atoms with Gasteiger partial charge in [-0.3, -0.25) is 9.36 Å². The molecule has 1 fully saturated rings. The monoisotopic (exact) mass is 440 g/mol. The zero-order valence-corrected chi connectivity index (χ0v) is 18.3. The smallest absolute Gasteiger partial charge is 0.253 e. The maximum atomic E-state index is 13.0. The summed E-state index contributed by atoms with van der Waals surface area (Å²) >= 11 is 0. The van der Waals surface area contributed by atoms with Crippen molar-refractivity contribution in [3.05, 3.63) is 90.8 Å². The Morgan fingerprint density at radius 3 is 2.27 bits per heavy atom. The van der Waals surface area contributed by atoms with Gasteiger partial charge in [0.1, 0.15) is 35.3 Å². The fraction of sp³-hybridized carbons (Fsp3) is 0.200. The molecule has 8 heteroatoms. The van der Waals surface area contributed by atoms with Gasteiger partial charge in [-0.25, -0.2) is 15.0 Å². The van der Waals surface area contributed by atoms with Crippen LogP contribution < -0.4 is 9.64 Å². The van der Waals surface area contributed by atoms with Crippen LogP contribution >= 0.6 is 0 Å². The van der Waals surface area contributed by atoms with E-state index < -0.39 is 0 Å². The largest absolute Gasteiger partial charge is 0.457 e. The summed E-state index contributed by atoms with van der Waals surface area (Å²) in [6, 6.07) is 18.8. The number of hydrogen-bond acceptors (Lipinski definition) is 6. The SMILES string of the molecule is Cc1nc(N2CCN(C(=O)c3ccc(Oc4ccccc4)cc3)CC2)cc(-n2ccnc2)n1. The Hall–Kier alpha value is -4.20. The highest BCUT2D eigenvalue weighted by atomic mass is 16.5. The normalized spacial score (nSPS) is 13.7. The van der Waals surface area contributed by atoms with E-state index in [2.05, 4.69) is 19.9 Å². The summed E-state index contributed by atoms with van der Waals surface area (Å²) < 4.78 is 7.68. The van der Waals surface area contributed by atoms with Crippen molar-refractivity contribution in [2.75, 3.05) is 31.1 Å². The highest BCUT2D eigenvalue weighted by Gasteiger charge is 2.23. The standard InChI is InChI=1S/C25H24N6O2/c1-19-27-23(17-24(28-19)31-12-11-26-18-31)29-13-15-30(16-14-29)25(32)20-7-9-22(10-8-20)33-21-5-3-2-4-6-21/h2-12,17-18H,13-16H2,1H3. The number of nitrogens with zero attached hydrogens (tertiary/aromatic N) is 6. The Morgan fingerprint density at radius 2 is 1.58 bits per heavy atom. The molecular weight excluding hydrogens is 416 g/mol. The number of hydrogen-bond donors (Lipinski definition) is 0. The van der Waals surface area contributed by atoms with E-state index in [1.807, 2.05) is 83.3 Å². The average molecular weight is 441 g/mol. The molecule has 1 amide bonds. The maximum Gasteiger partial charge on any atom is 0.253 e. The van der Waals surface area contributed by atoms with Crippen molar-refractivity contribution in [3.8, 4) is 17.3 Å². The van der Waals surface area contributed by atoms with E-state index in [0.29, 0.717) is 43.3 Å². The van der Waals surface area contributed by atoms with Gasteiger partial charge in [-0.15, -0.1) is 0 Å². The molecule has 4 aromatic rings. The number of para-hydroxylation sites is 1. The minimum atomic E-state index is 0.0267. The Morgan fingerprint density at radius 1 is 0.879 bits per heavy atom. The first-order valence-electron chi connectivity index (χ1n) is 10.9. The van der Waals surface area contributed by atoms with Crippen molar-refractivity contribution >= 4 is 11.7 Å². The van der Waals surface area contributed by atoms with E-state index >= 15 is 0 Å². The molecule has 0 spiro atoms. The lowest BCUT2D eigenvalue weighted by molar-refractivity contribution is 0.0746. The van der Waals surface area contributed by atoms with Gasteiger partial charge in [-0.1, -0.05) is 18.2 Å². The molecule has 3 heterocycles. The van der Waals surface area contributed by atoms with Crippen LogP contribution in [0, 0.1) is 6.92 Å². The molecule has 1 aliphatic heterocycles. The molecule has 5 rings (SSSR count). The molecule has 0 atom stereocenters. The average Bonchev–Trinajstić information content (AvgIpc) is 3.40. The van der Waals surface area contributed by atoms with E-state index in [0.717, 1.165) is 17.4 Å². The molecule has 2 aromatic carbocycles. The number of rotatable bonds is 5. The third kappa shape index (κ3) is 4.69. The zero-order valence-electron chi connectivity index (χ0n) is 18.3. The Bertz CT molecular complexity index is 1220. The van der Waals surface area contributed by atoms with Crippen LogP contribution in [0.4, 0.5) is 5.82 Å². The lowest BCUT2D eigenvalue weighted by Gasteiger charge is -2.35. The van der Waals surface area contributed by atoms with Gasteiger partial charge in [-0.2, -0.15) is 0 Å². The molecule has 0 N–H and O–H groups in total. The number of anilines is 1. The molecule has 2 aromatic heterocycles. The zero-order chi connectivity index (χ0) is 22.6. The molecule has 1 aliphatic rings. The minimum absolute atomic E-state index is 0.0267. The molecule has 0 saturated carbocycles. The van der Waals surface area contributed by atoms with Crippen molar-refractivity contribution in [1.82, 2.24) is 24.4 Å². The molecule has 1 saturated heterocycles. The second-order valence-electron chi connectivity index (χ2n) is 7.82. The lowest BCUT2D eigenvalue weighted by Crippen LogP contribution is -2.49. The molecule has 0 aliphatic carbocycles. The van der Waals surface area contributed by atoms with Gasteiger partial charge in [0, 0.05) is 50.2 Å². The topological polar surface area (TPSA) is 76.4 Å². The fourth-order valence-corrected chi connectivity index (χ4v) is 3.84. The van der Waals surface area contributed by atoms with Gasteiger partial charge in [0.15, 0.2) is 0 Å². The predicted molar refractivity (Wildman–Crippen MR) is 125 cm³/mol. The number of amides is 1. The van der Waals surface area contributed by atoms with Gasteiger partial charge in [0.2, 0.25) is 0 Å². The van der Waals surface area contributed by atoms with Gasteiger partial charge in [0.05, 0.1) is 0 Å². The summed E-state index contributed by atoms with van der Waals surface area (Å²) in [5, 5.41) is 0. The number of aryl methyl sites for hydroxylation is 1.